The Bertz CT molecular complexity index is 233. The van der Waals surface area contributed by atoms with E-state index < -0.39 is 6.09 Å². The van der Waals surface area contributed by atoms with E-state index in [1.807, 2.05) is 0 Å². The first-order valence-electron chi connectivity index (χ1n) is 6.03. The van der Waals surface area contributed by atoms with Crippen molar-refractivity contribution in [2.24, 2.45) is 5.73 Å². The van der Waals surface area contributed by atoms with E-state index in [9.17, 15) is 4.79 Å². The number of morpholine rings is 1. The minimum absolute atomic E-state index is 0.0368. The number of hydrogen-bond donors (Lipinski definition) is 1. The van der Waals surface area contributed by atoms with Crippen LogP contribution >= 0.6 is 0 Å². The highest BCUT2D eigenvalue weighted by molar-refractivity contribution is 5.64. The minimum Gasteiger partial charge on any atom is -0.446 e. The molecule has 0 spiro atoms. The molecule has 92 valence electrons. The van der Waals surface area contributed by atoms with E-state index >= 15 is 0 Å². The van der Waals surface area contributed by atoms with Crippen molar-refractivity contribution >= 4 is 6.09 Å². The molecule has 16 heavy (non-hydrogen) atoms. The smallest absolute Gasteiger partial charge is 0.404 e. The lowest BCUT2D eigenvalue weighted by atomic mass is 9.91. The fourth-order valence-electron chi connectivity index (χ4n) is 2.64. The van der Waals surface area contributed by atoms with Gasteiger partial charge in [0, 0.05) is 19.1 Å². The highest BCUT2D eigenvalue weighted by atomic mass is 16.6. The van der Waals surface area contributed by atoms with Gasteiger partial charge in [0.1, 0.15) is 6.10 Å². The second-order valence-corrected chi connectivity index (χ2v) is 4.52. The zero-order chi connectivity index (χ0) is 11.4. The summed E-state index contributed by atoms with van der Waals surface area (Å²) in [5.74, 6) is 0. The number of hydrogen-bond acceptors (Lipinski definition) is 4. The topological polar surface area (TPSA) is 64.8 Å². The first-order valence-corrected chi connectivity index (χ1v) is 6.03. The van der Waals surface area contributed by atoms with E-state index in [2.05, 4.69) is 4.90 Å². The zero-order valence-electron chi connectivity index (χ0n) is 9.56. The van der Waals surface area contributed by atoms with E-state index in [1.165, 1.54) is 0 Å². The molecule has 1 saturated heterocycles. The molecular formula is C11H20N2O3. The zero-order valence-corrected chi connectivity index (χ0v) is 9.56. The predicted molar refractivity (Wildman–Crippen MR) is 59.1 cm³/mol. The fourth-order valence-corrected chi connectivity index (χ4v) is 2.64. The molecule has 1 amide bonds. The Kier molecular flexibility index (Phi) is 4.01. The molecule has 0 bridgehead atoms. The molecule has 0 aromatic carbocycles. The average molecular weight is 228 g/mol. The van der Waals surface area contributed by atoms with Crippen LogP contribution in [0.5, 0.6) is 0 Å². The van der Waals surface area contributed by atoms with Gasteiger partial charge in [-0.2, -0.15) is 0 Å². The van der Waals surface area contributed by atoms with Crippen molar-refractivity contribution in [1.29, 1.82) is 0 Å². The van der Waals surface area contributed by atoms with Gasteiger partial charge in [0.25, 0.3) is 0 Å². The van der Waals surface area contributed by atoms with Crippen LogP contribution in [0.15, 0.2) is 0 Å². The number of carbonyl (C=O) groups excluding carboxylic acids is 1. The monoisotopic (exact) mass is 228 g/mol. The summed E-state index contributed by atoms with van der Waals surface area (Å²) in [5, 5.41) is 0. The first-order chi connectivity index (χ1) is 7.75. The second-order valence-electron chi connectivity index (χ2n) is 4.52. The van der Waals surface area contributed by atoms with E-state index in [1.54, 1.807) is 0 Å². The average Bonchev–Trinajstić information content (AvgIpc) is 2.30. The number of ether oxygens (including phenoxy) is 2. The van der Waals surface area contributed by atoms with Gasteiger partial charge < -0.3 is 15.2 Å². The largest absolute Gasteiger partial charge is 0.446 e. The van der Waals surface area contributed by atoms with Gasteiger partial charge in [0.05, 0.1) is 13.2 Å². The van der Waals surface area contributed by atoms with Crippen LogP contribution < -0.4 is 5.73 Å². The lowest BCUT2D eigenvalue weighted by Crippen LogP contribution is -2.46. The van der Waals surface area contributed by atoms with Crippen molar-refractivity contribution in [3.63, 3.8) is 0 Å². The maximum absolute atomic E-state index is 10.6. The molecule has 1 aliphatic heterocycles. The summed E-state index contributed by atoms with van der Waals surface area (Å²) in [6.07, 6.45) is 3.45. The second kappa shape index (κ2) is 5.50. The Morgan fingerprint density at radius 1 is 1.19 bits per heavy atom. The standard InChI is InChI=1S/C11H20N2O3/c12-11(14)16-10-3-1-9(2-4-10)13-5-7-15-8-6-13/h9-10H,1-8H2,(H2,12,14). The maximum atomic E-state index is 10.6. The van der Waals surface area contributed by atoms with E-state index in [0.29, 0.717) is 6.04 Å². The van der Waals surface area contributed by atoms with Crippen LogP contribution in [0, 0.1) is 0 Å². The summed E-state index contributed by atoms with van der Waals surface area (Å²) in [6.45, 7) is 3.76. The Morgan fingerprint density at radius 3 is 2.38 bits per heavy atom. The van der Waals surface area contributed by atoms with Crippen molar-refractivity contribution in [3.8, 4) is 0 Å². The highest BCUT2D eigenvalue weighted by Crippen LogP contribution is 2.25. The maximum Gasteiger partial charge on any atom is 0.404 e. The molecule has 5 heteroatoms. The SMILES string of the molecule is NC(=O)OC1CCC(N2CCOCC2)CC1. The van der Waals surface area contributed by atoms with Gasteiger partial charge in [-0.3, -0.25) is 4.90 Å². The molecule has 2 aliphatic rings. The number of primary amides is 1. The summed E-state index contributed by atoms with van der Waals surface area (Å²) >= 11 is 0. The Morgan fingerprint density at radius 2 is 1.81 bits per heavy atom. The van der Waals surface area contributed by atoms with Gasteiger partial charge in [-0.15, -0.1) is 0 Å². The molecule has 1 heterocycles. The molecule has 1 aliphatic carbocycles. The van der Waals surface area contributed by atoms with Crippen LogP contribution in [0.2, 0.25) is 0 Å². The molecule has 2 fully saturated rings. The Labute approximate surface area is 95.9 Å². The van der Waals surface area contributed by atoms with Gasteiger partial charge in [0.15, 0.2) is 0 Å². The summed E-state index contributed by atoms with van der Waals surface area (Å²) in [6, 6.07) is 0.636. The van der Waals surface area contributed by atoms with Crippen LogP contribution in [-0.4, -0.2) is 49.4 Å². The third-order valence-electron chi connectivity index (χ3n) is 3.49. The number of amides is 1. The lowest BCUT2D eigenvalue weighted by molar-refractivity contribution is -0.00588. The quantitative estimate of drug-likeness (QED) is 0.756. The highest BCUT2D eigenvalue weighted by Gasteiger charge is 2.28. The number of nitrogens with zero attached hydrogens (tertiary/aromatic N) is 1. The number of carbonyl (C=O) groups is 1. The summed E-state index contributed by atoms with van der Waals surface area (Å²) in [5.41, 5.74) is 5.01. The molecule has 2 N–H and O–H groups in total. The molecule has 0 radical (unpaired) electrons. The van der Waals surface area contributed by atoms with Gasteiger partial charge in [-0.1, -0.05) is 0 Å². The van der Waals surface area contributed by atoms with Crippen LogP contribution in [0.25, 0.3) is 0 Å². The van der Waals surface area contributed by atoms with E-state index in [0.717, 1.165) is 52.0 Å². The molecule has 0 atom stereocenters. The third kappa shape index (κ3) is 3.09. The van der Waals surface area contributed by atoms with Gasteiger partial charge >= 0.3 is 6.09 Å². The normalized spacial score (nSPS) is 32.2. The molecule has 2 rings (SSSR count). The molecule has 1 saturated carbocycles. The molecule has 0 aromatic heterocycles. The van der Waals surface area contributed by atoms with Crippen LogP contribution in [0.3, 0.4) is 0 Å². The molecular weight excluding hydrogens is 208 g/mol. The predicted octanol–water partition coefficient (Wildman–Crippen LogP) is 0.725. The van der Waals surface area contributed by atoms with Crippen LogP contribution in [0.4, 0.5) is 4.79 Å². The molecule has 5 nitrogen and oxygen atoms in total. The van der Waals surface area contributed by atoms with Crippen LogP contribution in [0.1, 0.15) is 25.7 Å². The van der Waals surface area contributed by atoms with Crippen molar-refractivity contribution in [3.05, 3.63) is 0 Å². The van der Waals surface area contributed by atoms with Crippen LogP contribution in [-0.2, 0) is 9.47 Å². The molecule has 0 aromatic rings. The van der Waals surface area contributed by atoms with Gasteiger partial charge in [0.2, 0.25) is 0 Å². The fraction of sp³-hybridized carbons (Fsp3) is 0.909. The Balaban J connectivity index is 1.73. The van der Waals surface area contributed by atoms with Gasteiger partial charge in [-0.05, 0) is 25.7 Å². The van der Waals surface area contributed by atoms with E-state index in [4.69, 9.17) is 15.2 Å². The van der Waals surface area contributed by atoms with Gasteiger partial charge in [-0.25, -0.2) is 4.79 Å². The minimum atomic E-state index is -0.644. The number of rotatable bonds is 2. The first kappa shape index (κ1) is 11.7. The van der Waals surface area contributed by atoms with Crippen molar-refractivity contribution < 1.29 is 14.3 Å². The summed E-state index contributed by atoms with van der Waals surface area (Å²) < 4.78 is 10.4. The number of nitrogens with two attached hydrogens (primary N) is 1. The lowest BCUT2D eigenvalue weighted by Gasteiger charge is -2.38. The van der Waals surface area contributed by atoms with Crippen molar-refractivity contribution in [1.82, 2.24) is 4.90 Å². The molecule has 0 unspecified atom stereocenters. The van der Waals surface area contributed by atoms with Crippen molar-refractivity contribution in [2.45, 2.75) is 37.8 Å². The van der Waals surface area contributed by atoms with Crippen molar-refractivity contribution in [2.75, 3.05) is 26.3 Å². The third-order valence-corrected chi connectivity index (χ3v) is 3.49. The summed E-state index contributed by atoms with van der Waals surface area (Å²) in [4.78, 5) is 13.1. The van der Waals surface area contributed by atoms with E-state index in [-0.39, 0.29) is 6.10 Å². The Hall–Kier alpha value is -0.810. The summed E-state index contributed by atoms with van der Waals surface area (Å²) in [7, 11) is 0.